The number of aromatic amines is 1. The van der Waals surface area contributed by atoms with Crippen molar-refractivity contribution in [1.29, 1.82) is 0 Å². The van der Waals surface area contributed by atoms with Crippen LogP contribution in [0.1, 0.15) is 0 Å². The van der Waals surface area contributed by atoms with Gasteiger partial charge in [-0.3, -0.25) is 0 Å². The lowest BCUT2D eigenvalue weighted by molar-refractivity contribution is 0.394. The Hall–Kier alpha value is -1.29. The van der Waals surface area contributed by atoms with Crippen LogP contribution in [0, 0.1) is 0 Å². The molecule has 1 heterocycles. The Kier molecular flexibility index (Phi) is 2.06. The second-order valence-electron chi connectivity index (χ2n) is 2.56. The summed E-state index contributed by atoms with van der Waals surface area (Å²) in [6.45, 7) is 0. The first-order valence-corrected chi connectivity index (χ1v) is 4.50. The van der Waals surface area contributed by atoms with Crippen LogP contribution in [-0.2, 0) is 0 Å². The van der Waals surface area contributed by atoms with Crippen molar-refractivity contribution in [2.75, 3.05) is 0 Å². The van der Waals surface area contributed by atoms with E-state index in [1.54, 1.807) is 0 Å². The van der Waals surface area contributed by atoms with E-state index in [9.17, 15) is 4.79 Å². The minimum atomic E-state index is -0.370. The Morgan fingerprint density at radius 3 is 2.69 bits per heavy atom. The monoisotopic (exact) mass is 239 g/mol. The lowest BCUT2D eigenvalue weighted by Crippen LogP contribution is -1.85. The van der Waals surface area contributed by atoms with Crippen molar-refractivity contribution in [3.8, 4) is 11.3 Å². The smallest absolute Gasteiger partial charge is 0.339 e. The van der Waals surface area contributed by atoms with Crippen LogP contribution >= 0.6 is 15.9 Å². The molecule has 0 amide bonds. The standard InChI is InChI=1S/C9H6BrNO2/c10-7-4-2-1-3-6(7)8-5-9(12)13-11-8/h1-5,11H. The number of hydrogen-bond donors (Lipinski definition) is 1. The van der Waals surface area contributed by atoms with Crippen molar-refractivity contribution in [1.82, 2.24) is 5.16 Å². The summed E-state index contributed by atoms with van der Waals surface area (Å²) >= 11 is 3.38. The average Bonchev–Trinajstić information content (AvgIpc) is 2.53. The summed E-state index contributed by atoms with van der Waals surface area (Å²) in [5.74, 6) is 0. The van der Waals surface area contributed by atoms with E-state index in [4.69, 9.17) is 0 Å². The van der Waals surface area contributed by atoms with Gasteiger partial charge in [0.1, 0.15) is 0 Å². The van der Waals surface area contributed by atoms with Crippen molar-refractivity contribution in [2.24, 2.45) is 0 Å². The van der Waals surface area contributed by atoms with E-state index in [-0.39, 0.29) is 5.63 Å². The highest BCUT2D eigenvalue weighted by molar-refractivity contribution is 9.10. The number of benzene rings is 1. The molecule has 2 rings (SSSR count). The third kappa shape index (κ3) is 1.58. The molecule has 0 aliphatic heterocycles. The SMILES string of the molecule is O=c1cc(-c2ccccc2Br)[nH]o1. The topological polar surface area (TPSA) is 46.0 Å². The Bertz CT molecular complexity index is 472. The number of halogens is 1. The Labute approximate surface area is 82.5 Å². The van der Waals surface area contributed by atoms with Gasteiger partial charge in [0, 0.05) is 10.0 Å². The highest BCUT2D eigenvalue weighted by Crippen LogP contribution is 2.25. The highest BCUT2D eigenvalue weighted by Gasteiger charge is 2.04. The van der Waals surface area contributed by atoms with E-state index >= 15 is 0 Å². The fourth-order valence-corrected chi connectivity index (χ4v) is 1.59. The molecule has 66 valence electrons. The second-order valence-corrected chi connectivity index (χ2v) is 3.42. The Balaban J connectivity index is 2.58. The molecule has 0 radical (unpaired) electrons. The van der Waals surface area contributed by atoms with Gasteiger partial charge in [0.15, 0.2) is 0 Å². The number of H-pyrrole nitrogens is 1. The molecule has 13 heavy (non-hydrogen) atoms. The zero-order chi connectivity index (χ0) is 9.26. The molecule has 1 N–H and O–H groups in total. The molecule has 3 nitrogen and oxygen atoms in total. The predicted octanol–water partition coefficient (Wildman–Crippen LogP) is 2.40. The van der Waals surface area contributed by atoms with Gasteiger partial charge in [-0.1, -0.05) is 34.1 Å². The van der Waals surface area contributed by atoms with Gasteiger partial charge in [-0.05, 0) is 6.07 Å². The quantitative estimate of drug-likeness (QED) is 0.831. The summed E-state index contributed by atoms with van der Waals surface area (Å²) in [5, 5.41) is 2.55. The molecule has 0 fully saturated rings. The predicted molar refractivity (Wildman–Crippen MR) is 52.5 cm³/mol. The van der Waals surface area contributed by atoms with Crippen LogP contribution < -0.4 is 5.63 Å². The largest absolute Gasteiger partial charge is 0.357 e. The Morgan fingerprint density at radius 1 is 1.31 bits per heavy atom. The van der Waals surface area contributed by atoms with Crippen LogP contribution in [0.4, 0.5) is 0 Å². The number of nitrogens with one attached hydrogen (secondary N) is 1. The van der Waals surface area contributed by atoms with Crippen molar-refractivity contribution in [3.05, 3.63) is 45.2 Å². The third-order valence-electron chi connectivity index (χ3n) is 1.69. The Morgan fingerprint density at radius 2 is 2.08 bits per heavy atom. The molecule has 2 aromatic rings. The maximum absolute atomic E-state index is 10.8. The van der Waals surface area contributed by atoms with Crippen LogP contribution in [0.25, 0.3) is 11.3 Å². The molecule has 1 aromatic heterocycles. The van der Waals surface area contributed by atoms with Crippen LogP contribution in [0.5, 0.6) is 0 Å². The molecule has 1 aromatic carbocycles. The highest BCUT2D eigenvalue weighted by atomic mass is 79.9. The molecule has 4 heteroatoms. The molecule has 0 spiro atoms. The van der Waals surface area contributed by atoms with Crippen molar-refractivity contribution in [2.45, 2.75) is 0 Å². The van der Waals surface area contributed by atoms with Crippen LogP contribution in [0.15, 0.2) is 44.1 Å². The van der Waals surface area contributed by atoms with Crippen molar-refractivity contribution >= 4 is 15.9 Å². The lowest BCUT2D eigenvalue weighted by Gasteiger charge is -1.98. The second kappa shape index (κ2) is 3.22. The first-order chi connectivity index (χ1) is 6.27. The van der Waals surface area contributed by atoms with E-state index in [0.717, 1.165) is 10.0 Å². The fourth-order valence-electron chi connectivity index (χ4n) is 1.09. The zero-order valence-electron chi connectivity index (χ0n) is 6.58. The van der Waals surface area contributed by atoms with E-state index in [1.165, 1.54) is 6.07 Å². The summed E-state index contributed by atoms with van der Waals surface area (Å²) in [6, 6.07) is 9.02. The van der Waals surface area contributed by atoms with E-state index in [0.29, 0.717) is 5.69 Å². The minimum absolute atomic E-state index is 0.370. The normalized spacial score (nSPS) is 10.2. The number of rotatable bonds is 1. The molecule has 0 bridgehead atoms. The van der Waals surface area contributed by atoms with E-state index < -0.39 is 0 Å². The van der Waals surface area contributed by atoms with E-state index in [2.05, 4.69) is 25.6 Å². The first-order valence-electron chi connectivity index (χ1n) is 3.71. The molecular formula is C9H6BrNO2. The van der Waals surface area contributed by atoms with Gasteiger partial charge in [0.25, 0.3) is 0 Å². The summed E-state index contributed by atoms with van der Waals surface area (Å²) in [5.41, 5.74) is 1.22. The molecule has 0 aliphatic rings. The van der Waals surface area contributed by atoms with Crippen LogP contribution in [0.3, 0.4) is 0 Å². The van der Waals surface area contributed by atoms with Gasteiger partial charge >= 0.3 is 5.63 Å². The maximum atomic E-state index is 10.8. The van der Waals surface area contributed by atoms with Crippen LogP contribution in [-0.4, -0.2) is 5.16 Å². The first kappa shape index (κ1) is 8.31. The zero-order valence-corrected chi connectivity index (χ0v) is 8.17. The van der Waals surface area contributed by atoms with Gasteiger partial charge in [0.2, 0.25) is 0 Å². The summed E-state index contributed by atoms with van der Waals surface area (Å²) in [7, 11) is 0. The molecular weight excluding hydrogens is 234 g/mol. The van der Waals surface area contributed by atoms with Gasteiger partial charge in [-0.2, -0.15) is 0 Å². The number of hydrogen-bond acceptors (Lipinski definition) is 2. The van der Waals surface area contributed by atoms with Crippen molar-refractivity contribution < 1.29 is 4.52 Å². The fraction of sp³-hybridized carbons (Fsp3) is 0. The molecule has 0 unspecified atom stereocenters. The van der Waals surface area contributed by atoms with Gasteiger partial charge in [-0.25, -0.2) is 9.95 Å². The molecule has 0 aliphatic carbocycles. The average molecular weight is 240 g/mol. The lowest BCUT2D eigenvalue weighted by atomic mass is 10.2. The van der Waals surface area contributed by atoms with Gasteiger partial charge in [-0.15, -0.1) is 0 Å². The molecule has 0 saturated carbocycles. The minimum Gasteiger partial charge on any atom is -0.339 e. The van der Waals surface area contributed by atoms with Gasteiger partial charge < -0.3 is 4.52 Å². The summed E-state index contributed by atoms with van der Waals surface area (Å²) in [6.07, 6.45) is 0. The third-order valence-corrected chi connectivity index (χ3v) is 2.38. The van der Waals surface area contributed by atoms with Gasteiger partial charge in [0.05, 0.1) is 11.8 Å². The van der Waals surface area contributed by atoms with E-state index in [1.807, 2.05) is 24.3 Å². The molecule has 0 atom stereocenters. The summed E-state index contributed by atoms with van der Waals surface area (Å²) in [4.78, 5) is 10.8. The molecule has 0 saturated heterocycles. The van der Waals surface area contributed by atoms with Crippen molar-refractivity contribution in [3.63, 3.8) is 0 Å². The maximum Gasteiger partial charge on any atom is 0.357 e. The number of aromatic nitrogens is 1. The van der Waals surface area contributed by atoms with Crippen LogP contribution in [0.2, 0.25) is 0 Å². The summed E-state index contributed by atoms with van der Waals surface area (Å²) < 4.78 is 5.50.